The normalized spacial score (nSPS) is 11.9. The Bertz CT molecular complexity index is 459. The maximum absolute atomic E-state index is 6.43. The summed E-state index contributed by atoms with van der Waals surface area (Å²) in [7, 11) is 2.10. The van der Waals surface area contributed by atoms with E-state index in [9.17, 15) is 0 Å². The molecular weight excluding hydrogens is 277 g/mol. The van der Waals surface area contributed by atoms with Gasteiger partial charge in [-0.05, 0) is 18.2 Å². The lowest BCUT2D eigenvalue weighted by Gasteiger charge is -2.20. The van der Waals surface area contributed by atoms with Gasteiger partial charge in [0, 0.05) is 13.1 Å². The number of benzene rings is 2. The van der Waals surface area contributed by atoms with Crippen molar-refractivity contribution in [2.24, 2.45) is 0 Å². The molecule has 0 radical (unpaired) electrons. The highest BCUT2D eigenvalue weighted by Crippen LogP contribution is 2.21. The first-order valence-corrected chi connectivity index (χ1v) is 6.61. The molecule has 102 valence electrons. The monoisotopic (exact) mass is 295 g/mol. The van der Waals surface area contributed by atoms with Crippen LogP contribution in [0.4, 0.5) is 0 Å². The summed E-state index contributed by atoms with van der Waals surface area (Å²) in [6, 6.07) is 20.7. The van der Waals surface area contributed by atoms with E-state index in [0.717, 1.165) is 13.1 Å². The summed E-state index contributed by atoms with van der Waals surface area (Å²) in [5.74, 6) is 0. The quantitative estimate of drug-likeness (QED) is 0.733. The van der Waals surface area contributed by atoms with Gasteiger partial charge >= 0.3 is 0 Å². The second-order valence-corrected chi connectivity index (χ2v) is 5.09. The fraction of sp³-hybridized carbons (Fsp3) is 0.250. The van der Waals surface area contributed by atoms with Gasteiger partial charge in [-0.25, -0.2) is 0 Å². The summed E-state index contributed by atoms with van der Waals surface area (Å²) in [5, 5.41) is 0.0416. The van der Waals surface area contributed by atoms with Crippen LogP contribution in [0.1, 0.15) is 16.5 Å². The molecule has 0 saturated heterocycles. The summed E-state index contributed by atoms with van der Waals surface area (Å²) >= 11 is 6.43. The first-order valence-electron chi connectivity index (χ1n) is 6.17. The SMILES string of the molecule is CN(Cc1ccccc1)CC(Cl)c1ccccc1.Cl. The third-order valence-electron chi connectivity index (χ3n) is 2.93. The Balaban J connectivity index is 0.00000180. The van der Waals surface area contributed by atoms with E-state index in [1.165, 1.54) is 11.1 Å². The summed E-state index contributed by atoms with van der Waals surface area (Å²) in [6.07, 6.45) is 0. The number of hydrogen-bond acceptors (Lipinski definition) is 1. The minimum atomic E-state index is 0. The van der Waals surface area contributed by atoms with Crippen molar-refractivity contribution in [3.05, 3.63) is 71.8 Å². The zero-order valence-corrected chi connectivity index (χ0v) is 12.6. The van der Waals surface area contributed by atoms with Crippen molar-refractivity contribution >= 4 is 24.0 Å². The smallest absolute Gasteiger partial charge is 0.0712 e. The zero-order chi connectivity index (χ0) is 12.8. The average molecular weight is 296 g/mol. The topological polar surface area (TPSA) is 3.24 Å². The lowest BCUT2D eigenvalue weighted by atomic mass is 10.1. The van der Waals surface area contributed by atoms with Crippen LogP contribution in [-0.2, 0) is 6.54 Å². The summed E-state index contributed by atoms with van der Waals surface area (Å²) in [5.41, 5.74) is 2.50. The van der Waals surface area contributed by atoms with Crippen molar-refractivity contribution < 1.29 is 0 Å². The number of hydrogen-bond donors (Lipinski definition) is 0. The van der Waals surface area contributed by atoms with Crippen LogP contribution in [0, 0.1) is 0 Å². The standard InChI is InChI=1S/C16H18ClN.ClH/c1-18(12-14-8-4-2-5-9-14)13-16(17)15-10-6-3-7-11-15;/h2-11,16H,12-13H2,1H3;1H. The summed E-state index contributed by atoms with van der Waals surface area (Å²) in [4.78, 5) is 2.25. The fourth-order valence-electron chi connectivity index (χ4n) is 2.00. The third kappa shape index (κ3) is 5.23. The Morgan fingerprint density at radius 1 is 0.947 bits per heavy atom. The molecule has 0 spiro atoms. The molecule has 0 fully saturated rings. The van der Waals surface area contributed by atoms with Crippen LogP contribution in [0.15, 0.2) is 60.7 Å². The highest BCUT2D eigenvalue weighted by Gasteiger charge is 2.10. The van der Waals surface area contributed by atoms with E-state index in [2.05, 4.69) is 48.3 Å². The molecule has 0 aliphatic heterocycles. The third-order valence-corrected chi connectivity index (χ3v) is 3.32. The molecule has 1 unspecified atom stereocenters. The predicted molar refractivity (Wildman–Crippen MR) is 85.1 cm³/mol. The van der Waals surface area contributed by atoms with Gasteiger partial charge in [0.1, 0.15) is 0 Å². The van der Waals surface area contributed by atoms with Crippen LogP contribution in [0.2, 0.25) is 0 Å². The minimum Gasteiger partial charge on any atom is -0.300 e. The maximum Gasteiger partial charge on any atom is 0.0712 e. The first kappa shape index (κ1) is 16.0. The molecule has 2 aromatic rings. The predicted octanol–water partition coefficient (Wildman–Crippen LogP) is 4.52. The summed E-state index contributed by atoms with van der Waals surface area (Å²) in [6.45, 7) is 1.78. The number of alkyl halides is 1. The lowest BCUT2D eigenvalue weighted by Crippen LogP contribution is -2.22. The van der Waals surface area contributed by atoms with Crippen LogP contribution in [0.5, 0.6) is 0 Å². The molecule has 0 amide bonds. The van der Waals surface area contributed by atoms with Crippen LogP contribution < -0.4 is 0 Å². The molecular formula is C16H19Cl2N. The highest BCUT2D eigenvalue weighted by atomic mass is 35.5. The summed E-state index contributed by atoms with van der Waals surface area (Å²) < 4.78 is 0. The van der Waals surface area contributed by atoms with Crippen molar-refractivity contribution in [2.75, 3.05) is 13.6 Å². The molecule has 0 aliphatic carbocycles. The van der Waals surface area contributed by atoms with Crippen molar-refractivity contribution in [3.8, 4) is 0 Å². The van der Waals surface area contributed by atoms with Gasteiger partial charge < -0.3 is 4.90 Å². The Labute approximate surface area is 126 Å². The highest BCUT2D eigenvalue weighted by molar-refractivity contribution is 6.21. The van der Waals surface area contributed by atoms with Crippen molar-refractivity contribution in [1.82, 2.24) is 4.90 Å². The molecule has 19 heavy (non-hydrogen) atoms. The van der Waals surface area contributed by atoms with Crippen LogP contribution >= 0.6 is 24.0 Å². The molecule has 0 saturated carbocycles. The van der Waals surface area contributed by atoms with Crippen LogP contribution in [0.3, 0.4) is 0 Å². The van der Waals surface area contributed by atoms with Gasteiger partial charge in [-0.3, -0.25) is 0 Å². The van der Waals surface area contributed by atoms with E-state index in [1.54, 1.807) is 0 Å². The fourth-order valence-corrected chi connectivity index (χ4v) is 2.38. The minimum absolute atomic E-state index is 0. The van der Waals surface area contributed by atoms with Gasteiger partial charge in [-0.15, -0.1) is 24.0 Å². The number of halogens is 2. The van der Waals surface area contributed by atoms with Gasteiger partial charge in [0.25, 0.3) is 0 Å². The molecule has 0 aliphatic rings. The molecule has 0 bridgehead atoms. The van der Waals surface area contributed by atoms with Gasteiger partial charge in [-0.2, -0.15) is 0 Å². The second kappa shape index (κ2) is 8.21. The lowest BCUT2D eigenvalue weighted by molar-refractivity contribution is 0.327. The molecule has 3 heteroatoms. The average Bonchev–Trinajstić information content (AvgIpc) is 2.40. The van der Waals surface area contributed by atoms with E-state index in [-0.39, 0.29) is 17.8 Å². The van der Waals surface area contributed by atoms with E-state index < -0.39 is 0 Å². The molecule has 1 nitrogen and oxygen atoms in total. The van der Waals surface area contributed by atoms with Gasteiger partial charge in [0.05, 0.1) is 5.38 Å². The first-order chi connectivity index (χ1) is 8.75. The Hall–Kier alpha value is -1.02. The van der Waals surface area contributed by atoms with Gasteiger partial charge in [-0.1, -0.05) is 60.7 Å². The number of nitrogens with zero attached hydrogens (tertiary/aromatic N) is 1. The Morgan fingerprint density at radius 2 is 1.47 bits per heavy atom. The van der Waals surface area contributed by atoms with E-state index in [4.69, 9.17) is 11.6 Å². The molecule has 2 rings (SSSR count). The Kier molecular flexibility index (Phi) is 6.93. The van der Waals surface area contributed by atoms with E-state index in [0.29, 0.717) is 0 Å². The van der Waals surface area contributed by atoms with E-state index >= 15 is 0 Å². The van der Waals surface area contributed by atoms with Gasteiger partial charge in [0.2, 0.25) is 0 Å². The zero-order valence-electron chi connectivity index (χ0n) is 11.0. The van der Waals surface area contributed by atoms with Crippen LogP contribution in [0.25, 0.3) is 0 Å². The molecule has 0 aromatic heterocycles. The number of likely N-dealkylation sites (N-methyl/N-ethyl adjacent to an activating group) is 1. The molecule has 1 atom stereocenters. The van der Waals surface area contributed by atoms with Gasteiger partial charge in [0.15, 0.2) is 0 Å². The van der Waals surface area contributed by atoms with Crippen molar-refractivity contribution in [3.63, 3.8) is 0 Å². The van der Waals surface area contributed by atoms with Crippen molar-refractivity contribution in [2.45, 2.75) is 11.9 Å². The Morgan fingerprint density at radius 3 is 2.05 bits per heavy atom. The molecule has 0 N–H and O–H groups in total. The van der Waals surface area contributed by atoms with Crippen LogP contribution in [-0.4, -0.2) is 18.5 Å². The maximum atomic E-state index is 6.43. The molecule has 2 aromatic carbocycles. The van der Waals surface area contributed by atoms with Crippen molar-refractivity contribution in [1.29, 1.82) is 0 Å². The molecule has 0 heterocycles. The second-order valence-electron chi connectivity index (χ2n) is 4.56. The largest absolute Gasteiger partial charge is 0.300 e. The number of rotatable bonds is 5. The van der Waals surface area contributed by atoms with E-state index in [1.807, 2.05) is 24.3 Å².